The zero-order chi connectivity index (χ0) is 20.0. The number of esters is 1. The molecule has 0 amide bonds. The van der Waals surface area contributed by atoms with E-state index in [2.05, 4.69) is 27.0 Å². The molecule has 9 atom stereocenters. The van der Waals surface area contributed by atoms with Crippen molar-refractivity contribution in [3.8, 4) is 0 Å². The summed E-state index contributed by atoms with van der Waals surface area (Å²) < 4.78 is 31.8. The highest BCUT2D eigenvalue weighted by Gasteiger charge is 3.00. The maximum Gasteiger partial charge on any atom is 0.334 e. The third kappa shape index (κ3) is 1.65. The van der Waals surface area contributed by atoms with Crippen molar-refractivity contribution >= 4 is 17.7 Å². The van der Waals surface area contributed by atoms with E-state index in [1.807, 2.05) is 0 Å². The number of hydrogen-bond donors (Lipinski definition) is 0. The Morgan fingerprint density at radius 3 is 2.83 bits per heavy atom. The first-order valence-electron chi connectivity index (χ1n) is 10.9. The summed E-state index contributed by atoms with van der Waals surface area (Å²) in [6, 6.07) is 0. The summed E-state index contributed by atoms with van der Waals surface area (Å²) in [7, 11) is 0. The number of thioether (sulfide) groups is 1. The largest absolute Gasteiger partial charge is 0.458 e. The van der Waals surface area contributed by atoms with Crippen molar-refractivity contribution in [3.63, 3.8) is 0 Å². The zero-order valence-corrected chi connectivity index (χ0v) is 18.2. The third-order valence-electron chi connectivity index (χ3n) is 9.42. The smallest absolute Gasteiger partial charge is 0.334 e. The van der Waals surface area contributed by atoms with Crippen LogP contribution in [0.2, 0.25) is 0 Å². The third-order valence-corrected chi connectivity index (χ3v) is 9.79. The Balaban J connectivity index is 1.36. The van der Waals surface area contributed by atoms with Crippen molar-refractivity contribution in [3.05, 3.63) is 11.1 Å². The predicted molar refractivity (Wildman–Crippen MR) is 104 cm³/mol. The van der Waals surface area contributed by atoms with Crippen molar-refractivity contribution in [2.75, 3.05) is 18.8 Å². The van der Waals surface area contributed by atoms with E-state index >= 15 is 0 Å². The van der Waals surface area contributed by atoms with Crippen LogP contribution in [0.4, 0.5) is 0 Å². The number of carbonyl (C=O) groups is 1. The van der Waals surface area contributed by atoms with Crippen molar-refractivity contribution in [2.45, 2.75) is 81.3 Å². The van der Waals surface area contributed by atoms with Crippen molar-refractivity contribution in [1.29, 1.82) is 0 Å². The fraction of sp³-hybridized carbons (Fsp3) is 0.864. The Hall–Kier alpha value is -0.600. The first-order valence-corrected chi connectivity index (χ1v) is 12.3. The van der Waals surface area contributed by atoms with Gasteiger partial charge >= 0.3 is 5.97 Å². The highest BCUT2D eigenvalue weighted by Crippen LogP contribution is 2.83. The van der Waals surface area contributed by atoms with Crippen LogP contribution >= 0.6 is 11.8 Å². The number of cyclic esters (lactones) is 1. The van der Waals surface area contributed by atoms with E-state index in [0.29, 0.717) is 18.5 Å². The molecule has 0 radical (unpaired) electrons. The lowest BCUT2D eigenvalue weighted by Gasteiger charge is -2.54. The second-order valence-corrected chi connectivity index (χ2v) is 11.3. The van der Waals surface area contributed by atoms with Gasteiger partial charge in [-0.2, -0.15) is 0 Å². The normalized spacial score (nSPS) is 57.8. The van der Waals surface area contributed by atoms with E-state index in [1.165, 1.54) is 5.57 Å². The van der Waals surface area contributed by atoms with Crippen molar-refractivity contribution in [2.24, 2.45) is 17.3 Å². The van der Waals surface area contributed by atoms with E-state index in [-0.39, 0.29) is 52.9 Å². The van der Waals surface area contributed by atoms with Gasteiger partial charge in [0.2, 0.25) is 0 Å². The Morgan fingerprint density at radius 2 is 2.07 bits per heavy atom. The average molecular weight is 421 g/mol. The maximum atomic E-state index is 12.2. The SMILES string of the molecule is CSCO[C@@H]1[C@@]2(C(C)C)O[C@H]2[C@@H]2O[C@@]23[C@@]2(C)CCC4=C(COC4=O)[C@@H]2CC2O[C@]213. The molecule has 4 aliphatic heterocycles. The molecule has 4 heterocycles. The molecule has 3 aliphatic carbocycles. The van der Waals surface area contributed by atoms with E-state index in [0.717, 1.165) is 24.8 Å². The van der Waals surface area contributed by atoms with Gasteiger partial charge < -0.3 is 23.7 Å². The molecule has 0 aromatic heterocycles. The average Bonchev–Trinajstić information content (AvgIpc) is 3.58. The molecule has 2 saturated carbocycles. The highest BCUT2D eigenvalue weighted by molar-refractivity contribution is 7.98. The van der Waals surface area contributed by atoms with Gasteiger partial charge in [0.1, 0.15) is 36.1 Å². The molecule has 0 aromatic rings. The minimum absolute atomic E-state index is 0.0667. The lowest BCUT2D eigenvalue weighted by Crippen LogP contribution is -2.69. The zero-order valence-electron chi connectivity index (χ0n) is 17.4. The molecule has 5 fully saturated rings. The molecule has 0 N–H and O–H groups in total. The molecule has 158 valence electrons. The number of rotatable bonds is 4. The van der Waals surface area contributed by atoms with Gasteiger partial charge in [-0.15, -0.1) is 11.8 Å². The van der Waals surface area contributed by atoms with Crippen LogP contribution < -0.4 is 0 Å². The van der Waals surface area contributed by atoms with Crippen LogP contribution in [-0.4, -0.2) is 66.0 Å². The lowest BCUT2D eigenvalue weighted by atomic mass is 9.46. The molecule has 0 bridgehead atoms. The van der Waals surface area contributed by atoms with Crippen LogP contribution in [0.25, 0.3) is 0 Å². The van der Waals surface area contributed by atoms with Gasteiger partial charge in [-0.3, -0.25) is 0 Å². The van der Waals surface area contributed by atoms with Gasteiger partial charge in [0.25, 0.3) is 0 Å². The van der Waals surface area contributed by atoms with E-state index in [9.17, 15) is 4.79 Å². The molecule has 3 saturated heterocycles. The van der Waals surface area contributed by atoms with Gasteiger partial charge in [0.15, 0.2) is 5.60 Å². The Kier molecular flexibility index (Phi) is 3.15. The summed E-state index contributed by atoms with van der Waals surface area (Å²) in [5, 5.41) is 0. The molecular weight excluding hydrogens is 392 g/mol. The van der Waals surface area contributed by atoms with Crippen molar-refractivity contribution in [1.82, 2.24) is 0 Å². The molecule has 7 rings (SSSR count). The van der Waals surface area contributed by atoms with E-state index < -0.39 is 5.60 Å². The van der Waals surface area contributed by atoms with Crippen LogP contribution in [0, 0.1) is 17.3 Å². The summed E-state index contributed by atoms with van der Waals surface area (Å²) >= 11 is 1.69. The number of hydrogen-bond acceptors (Lipinski definition) is 7. The topological polar surface area (TPSA) is 73.1 Å². The summed E-state index contributed by atoms with van der Waals surface area (Å²) in [6.45, 7) is 7.26. The second-order valence-electron chi connectivity index (χ2n) is 10.5. The standard InChI is InChI=1S/C22H28O6S/c1-10(2)20-15(27-20)16-22(28-16)19(3)6-5-11-12(8-24-17(11)23)13(19)7-14-21(22,26-14)18(20)25-9-29-4/h10,13-16,18H,5-9H2,1-4H3/t13-,14?,15-,16-,18+,19-,20-,21+,22+/m0/s1. The fourth-order valence-electron chi connectivity index (χ4n) is 8.05. The summed E-state index contributed by atoms with van der Waals surface area (Å²) in [6.07, 6.45) is 4.83. The monoisotopic (exact) mass is 420 g/mol. The molecule has 6 nitrogen and oxygen atoms in total. The number of ether oxygens (including phenoxy) is 5. The number of fused-ring (bicyclic) bond motifs is 4. The van der Waals surface area contributed by atoms with Crippen molar-refractivity contribution < 1.29 is 28.5 Å². The van der Waals surface area contributed by atoms with Gasteiger partial charge in [-0.25, -0.2) is 4.79 Å². The molecule has 7 heteroatoms. The highest BCUT2D eigenvalue weighted by atomic mass is 32.2. The fourth-order valence-corrected chi connectivity index (χ4v) is 8.32. The van der Waals surface area contributed by atoms with Crippen LogP contribution in [0.1, 0.15) is 40.0 Å². The Morgan fingerprint density at radius 1 is 1.24 bits per heavy atom. The van der Waals surface area contributed by atoms with Crippen LogP contribution in [-0.2, 0) is 28.5 Å². The summed E-state index contributed by atoms with van der Waals surface area (Å²) in [5.74, 6) is 1.13. The van der Waals surface area contributed by atoms with Gasteiger partial charge in [-0.05, 0) is 42.9 Å². The lowest BCUT2D eigenvalue weighted by molar-refractivity contribution is -0.136. The van der Waals surface area contributed by atoms with Gasteiger partial charge in [-0.1, -0.05) is 20.8 Å². The molecule has 7 aliphatic rings. The first kappa shape index (κ1) is 18.0. The van der Waals surface area contributed by atoms with Gasteiger partial charge in [0.05, 0.1) is 12.0 Å². The first-order chi connectivity index (χ1) is 13.9. The minimum Gasteiger partial charge on any atom is -0.458 e. The van der Waals surface area contributed by atoms with Crippen LogP contribution in [0.3, 0.4) is 0 Å². The van der Waals surface area contributed by atoms with Gasteiger partial charge in [0, 0.05) is 11.0 Å². The molecule has 2 spiro atoms. The van der Waals surface area contributed by atoms with E-state index in [4.69, 9.17) is 23.7 Å². The molecule has 1 unspecified atom stereocenters. The molecule has 29 heavy (non-hydrogen) atoms. The maximum absolute atomic E-state index is 12.2. The van der Waals surface area contributed by atoms with Crippen LogP contribution in [0.5, 0.6) is 0 Å². The number of carbonyl (C=O) groups excluding carboxylic acids is 1. The second kappa shape index (κ2) is 5.07. The number of epoxide rings is 3. The molecule has 0 aromatic carbocycles. The summed E-state index contributed by atoms with van der Waals surface area (Å²) in [4.78, 5) is 12.2. The predicted octanol–water partition coefficient (Wildman–Crippen LogP) is 2.45. The van der Waals surface area contributed by atoms with Crippen LogP contribution in [0.15, 0.2) is 11.1 Å². The minimum atomic E-state index is -0.419. The van der Waals surface area contributed by atoms with E-state index in [1.54, 1.807) is 11.8 Å². The Labute approximate surface area is 175 Å². The Bertz CT molecular complexity index is 871. The summed E-state index contributed by atoms with van der Waals surface area (Å²) in [5.41, 5.74) is 0.935. The molecular formula is C22H28O6S. The quantitative estimate of drug-likeness (QED) is 0.393.